The van der Waals surface area contributed by atoms with E-state index in [1.54, 1.807) is 13.2 Å². The second kappa shape index (κ2) is 12.5. The summed E-state index contributed by atoms with van der Waals surface area (Å²) >= 11 is 0. The van der Waals surface area contributed by atoms with Crippen molar-refractivity contribution in [1.29, 1.82) is 0 Å². The van der Waals surface area contributed by atoms with E-state index >= 15 is 0 Å². The summed E-state index contributed by atoms with van der Waals surface area (Å²) in [7, 11) is 1.55. The predicted octanol–water partition coefficient (Wildman–Crippen LogP) is 4.96. The van der Waals surface area contributed by atoms with E-state index in [-0.39, 0.29) is 36.6 Å². The molecule has 1 saturated heterocycles. The van der Waals surface area contributed by atoms with Crippen molar-refractivity contribution in [3.05, 3.63) is 23.8 Å². The van der Waals surface area contributed by atoms with Crippen LogP contribution in [0.3, 0.4) is 0 Å². The van der Waals surface area contributed by atoms with Gasteiger partial charge >= 0.3 is 6.36 Å². The quantitative estimate of drug-likeness (QED) is 0.588. The van der Waals surface area contributed by atoms with Crippen LogP contribution < -0.4 is 14.8 Å². The first kappa shape index (κ1) is 26.1. The van der Waals surface area contributed by atoms with Crippen molar-refractivity contribution in [2.24, 2.45) is 0 Å². The lowest BCUT2D eigenvalue weighted by Gasteiger charge is -2.36. The van der Waals surface area contributed by atoms with Crippen molar-refractivity contribution in [1.82, 2.24) is 10.2 Å². The van der Waals surface area contributed by atoms with Crippen LogP contribution in [0.5, 0.6) is 11.5 Å². The maximum absolute atomic E-state index is 12.6. The van der Waals surface area contributed by atoms with E-state index in [4.69, 9.17) is 4.74 Å². The largest absolute Gasteiger partial charge is 0.573 e. The molecule has 1 aliphatic heterocycles. The molecule has 158 valence electrons. The Balaban J connectivity index is 0.00000338. The van der Waals surface area contributed by atoms with Gasteiger partial charge in [-0.1, -0.05) is 26.2 Å². The van der Waals surface area contributed by atoms with E-state index < -0.39 is 6.36 Å². The Morgan fingerprint density at radius 1 is 1.15 bits per heavy atom. The molecule has 0 aromatic heterocycles. The van der Waals surface area contributed by atoms with Crippen LogP contribution >= 0.6 is 24.8 Å². The van der Waals surface area contributed by atoms with Crippen LogP contribution in [0.4, 0.5) is 13.2 Å². The maximum Gasteiger partial charge on any atom is 0.573 e. The molecule has 1 atom stereocenters. The Hall–Kier alpha value is -0.890. The van der Waals surface area contributed by atoms with Gasteiger partial charge in [0.1, 0.15) is 11.5 Å². The first-order valence-electron chi connectivity index (χ1n) is 8.83. The Labute approximate surface area is 171 Å². The molecule has 1 aromatic rings. The SMILES string of the molecule is CCCCC[C@@H](c1cc(OC(F)(F)F)ccc1OC)N1CCNCC1.Cl.Cl. The molecule has 0 unspecified atom stereocenters. The van der Waals surface area contributed by atoms with Gasteiger partial charge in [0.2, 0.25) is 0 Å². The zero-order valence-corrected chi connectivity index (χ0v) is 17.3. The number of alkyl halides is 3. The Morgan fingerprint density at radius 2 is 1.81 bits per heavy atom. The number of benzene rings is 1. The molecule has 27 heavy (non-hydrogen) atoms. The number of nitrogens with one attached hydrogen (secondary N) is 1. The minimum absolute atomic E-state index is 0. The van der Waals surface area contributed by atoms with Crippen LogP contribution in [-0.2, 0) is 0 Å². The van der Waals surface area contributed by atoms with E-state index in [2.05, 4.69) is 21.9 Å². The summed E-state index contributed by atoms with van der Waals surface area (Å²) < 4.78 is 47.3. The summed E-state index contributed by atoms with van der Waals surface area (Å²) in [6.07, 6.45) is -0.580. The van der Waals surface area contributed by atoms with Gasteiger partial charge in [-0.3, -0.25) is 4.90 Å². The van der Waals surface area contributed by atoms with Gasteiger partial charge in [0.05, 0.1) is 7.11 Å². The van der Waals surface area contributed by atoms with Crippen molar-refractivity contribution in [2.45, 2.75) is 45.0 Å². The number of rotatable bonds is 8. The molecule has 0 spiro atoms. The number of hydrogen-bond acceptors (Lipinski definition) is 4. The molecule has 0 radical (unpaired) electrons. The van der Waals surface area contributed by atoms with Crippen molar-refractivity contribution in [2.75, 3.05) is 33.3 Å². The van der Waals surface area contributed by atoms with Crippen LogP contribution in [0.2, 0.25) is 0 Å². The zero-order chi connectivity index (χ0) is 18.3. The summed E-state index contributed by atoms with van der Waals surface area (Å²) in [5.41, 5.74) is 0.766. The first-order valence-corrected chi connectivity index (χ1v) is 8.83. The summed E-state index contributed by atoms with van der Waals surface area (Å²) in [6, 6.07) is 4.37. The number of ether oxygens (including phenoxy) is 2. The minimum atomic E-state index is -4.70. The molecule has 1 aliphatic rings. The fourth-order valence-corrected chi connectivity index (χ4v) is 3.29. The molecule has 0 bridgehead atoms. The van der Waals surface area contributed by atoms with Gasteiger partial charge in [0.25, 0.3) is 0 Å². The minimum Gasteiger partial charge on any atom is -0.496 e. The summed E-state index contributed by atoms with van der Waals surface area (Å²) in [5.74, 6) is 0.411. The molecule has 1 fully saturated rings. The van der Waals surface area contributed by atoms with Gasteiger partial charge in [0.15, 0.2) is 0 Å². The van der Waals surface area contributed by atoms with Crippen molar-refractivity contribution in [3.8, 4) is 11.5 Å². The van der Waals surface area contributed by atoms with Crippen LogP contribution in [0.15, 0.2) is 18.2 Å². The molecule has 9 heteroatoms. The normalized spacial score (nSPS) is 16.0. The van der Waals surface area contributed by atoms with E-state index in [1.807, 2.05) is 0 Å². The highest BCUT2D eigenvalue weighted by atomic mass is 35.5. The highest BCUT2D eigenvalue weighted by Crippen LogP contribution is 2.37. The molecule has 4 nitrogen and oxygen atoms in total. The average molecular weight is 433 g/mol. The third-order valence-electron chi connectivity index (χ3n) is 4.47. The smallest absolute Gasteiger partial charge is 0.496 e. The summed E-state index contributed by atoms with van der Waals surface area (Å²) in [4.78, 5) is 2.32. The Morgan fingerprint density at radius 3 is 2.37 bits per heavy atom. The second-order valence-electron chi connectivity index (χ2n) is 6.25. The topological polar surface area (TPSA) is 33.7 Å². The maximum atomic E-state index is 12.6. The van der Waals surface area contributed by atoms with Gasteiger partial charge in [0, 0.05) is 37.8 Å². The molecule has 1 aromatic carbocycles. The van der Waals surface area contributed by atoms with Crippen molar-refractivity contribution >= 4 is 24.8 Å². The molecular weight excluding hydrogens is 404 g/mol. The lowest BCUT2D eigenvalue weighted by Crippen LogP contribution is -2.45. The van der Waals surface area contributed by atoms with Crippen molar-refractivity contribution in [3.63, 3.8) is 0 Å². The zero-order valence-electron chi connectivity index (χ0n) is 15.7. The predicted molar refractivity (Wildman–Crippen MR) is 105 cm³/mol. The Bertz CT molecular complexity index is 542. The first-order chi connectivity index (χ1) is 11.9. The number of hydrogen-bond donors (Lipinski definition) is 1. The van der Waals surface area contributed by atoms with Gasteiger partial charge < -0.3 is 14.8 Å². The highest BCUT2D eigenvalue weighted by molar-refractivity contribution is 5.85. The molecule has 1 N–H and O–H groups in total. The summed E-state index contributed by atoms with van der Waals surface area (Å²) in [6.45, 7) is 5.63. The summed E-state index contributed by atoms with van der Waals surface area (Å²) in [5, 5.41) is 3.31. The monoisotopic (exact) mass is 432 g/mol. The third kappa shape index (κ3) is 8.34. The van der Waals surface area contributed by atoms with E-state index in [0.717, 1.165) is 57.4 Å². The number of nitrogens with zero attached hydrogens (tertiary/aromatic N) is 1. The van der Waals surface area contributed by atoms with E-state index in [1.165, 1.54) is 12.1 Å². The van der Waals surface area contributed by atoms with Crippen LogP contribution in [0.25, 0.3) is 0 Å². The van der Waals surface area contributed by atoms with Gasteiger partial charge in [-0.25, -0.2) is 0 Å². The van der Waals surface area contributed by atoms with Crippen LogP contribution in [0.1, 0.15) is 44.2 Å². The van der Waals surface area contributed by atoms with Crippen LogP contribution in [-0.4, -0.2) is 44.6 Å². The second-order valence-corrected chi connectivity index (χ2v) is 6.25. The third-order valence-corrected chi connectivity index (χ3v) is 4.47. The average Bonchev–Trinajstić information content (AvgIpc) is 2.58. The van der Waals surface area contributed by atoms with E-state index in [9.17, 15) is 13.2 Å². The molecule has 0 aliphatic carbocycles. The fraction of sp³-hybridized carbons (Fsp3) is 0.667. The van der Waals surface area contributed by atoms with Gasteiger partial charge in [-0.15, -0.1) is 38.0 Å². The molecule has 0 amide bonds. The molecular formula is C18H29Cl2F3N2O2. The standard InChI is InChI=1S/C18H27F3N2O2.2ClH/c1-3-4-5-6-16(23-11-9-22-10-12-23)15-13-14(25-18(19,20)21)7-8-17(15)24-2;;/h7-8,13,16,22H,3-6,9-12H2,1-2H3;2*1H/t16-;;/m0../s1. The van der Waals surface area contributed by atoms with Crippen molar-refractivity contribution < 1.29 is 22.6 Å². The molecule has 0 saturated carbocycles. The van der Waals surface area contributed by atoms with Crippen LogP contribution in [0, 0.1) is 0 Å². The lowest BCUT2D eigenvalue weighted by atomic mass is 9.97. The highest BCUT2D eigenvalue weighted by Gasteiger charge is 2.32. The number of methoxy groups -OCH3 is 1. The molecule has 2 rings (SSSR count). The number of unbranched alkanes of at least 4 members (excludes halogenated alkanes) is 2. The fourth-order valence-electron chi connectivity index (χ4n) is 3.29. The van der Waals surface area contributed by atoms with E-state index in [0.29, 0.717) is 5.75 Å². The Kier molecular flexibility index (Phi) is 12.1. The molecule has 1 heterocycles. The lowest BCUT2D eigenvalue weighted by molar-refractivity contribution is -0.274. The van der Waals surface area contributed by atoms with Gasteiger partial charge in [-0.2, -0.15) is 0 Å². The number of halogens is 5. The number of piperazine rings is 1. The van der Waals surface area contributed by atoms with Gasteiger partial charge in [-0.05, 0) is 24.6 Å².